The SMILES string of the molecule is CCC(C)(C)C(=O)OCC(=O)OC1(c2ccccc2)CCC(=O)C1. The highest BCUT2D eigenvalue weighted by Crippen LogP contribution is 2.40. The zero-order valence-electron chi connectivity index (χ0n) is 14.5. The van der Waals surface area contributed by atoms with Crippen molar-refractivity contribution in [2.75, 3.05) is 6.61 Å². The smallest absolute Gasteiger partial charge is 0.345 e. The predicted octanol–water partition coefficient (Wildman–Crippen LogP) is 3.16. The van der Waals surface area contributed by atoms with E-state index in [2.05, 4.69) is 0 Å². The first-order chi connectivity index (χ1) is 11.3. The Bertz CT molecular complexity index is 620. The van der Waals surface area contributed by atoms with Crippen molar-refractivity contribution in [1.82, 2.24) is 0 Å². The molecule has 0 amide bonds. The third-order valence-electron chi connectivity index (χ3n) is 4.66. The minimum atomic E-state index is -0.942. The molecule has 0 saturated heterocycles. The summed E-state index contributed by atoms with van der Waals surface area (Å²) in [6.07, 6.45) is 1.61. The molecular weight excluding hydrogens is 308 g/mol. The van der Waals surface area contributed by atoms with E-state index in [1.54, 1.807) is 13.8 Å². The van der Waals surface area contributed by atoms with Crippen LogP contribution in [0, 0.1) is 5.41 Å². The summed E-state index contributed by atoms with van der Waals surface area (Å²) in [6.45, 7) is 4.97. The summed E-state index contributed by atoms with van der Waals surface area (Å²) >= 11 is 0. The largest absolute Gasteiger partial charge is 0.453 e. The number of esters is 2. The molecule has 1 atom stereocenters. The molecule has 5 heteroatoms. The Morgan fingerprint density at radius 3 is 2.42 bits per heavy atom. The van der Waals surface area contributed by atoms with Gasteiger partial charge in [-0.3, -0.25) is 9.59 Å². The molecule has 5 nitrogen and oxygen atoms in total. The topological polar surface area (TPSA) is 69.7 Å². The van der Waals surface area contributed by atoms with Crippen molar-refractivity contribution in [3.05, 3.63) is 35.9 Å². The lowest BCUT2D eigenvalue weighted by molar-refractivity contribution is -0.174. The molecule has 0 aliphatic heterocycles. The Hall–Kier alpha value is -2.17. The van der Waals surface area contributed by atoms with Crippen molar-refractivity contribution in [2.45, 2.75) is 52.1 Å². The van der Waals surface area contributed by atoms with Crippen molar-refractivity contribution in [2.24, 2.45) is 5.41 Å². The van der Waals surface area contributed by atoms with Crippen molar-refractivity contribution < 1.29 is 23.9 Å². The van der Waals surface area contributed by atoms with Gasteiger partial charge in [-0.1, -0.05) is 37.3 Å². The van der Waals surface area contributed by atoms with Gasteiger partial charge >= 0.3 is 11.9 Å². The van der Waals surface area contributed by atoms with Crippen LogP contribution in [0.5, 0.6) is 0 Å². The molecule has 0 heterocycles. The molecule has 0 radical (unpaired) electrons. The van der Waals surface area contributed by atoms with Crippen LogP contribution < -0.4 is 0 Å². The van der Waals surface area contributed by atoms with Crippen LogP contribution in [0.3, 0.4) is 0 Å². The fraction of sp³-hybridized carbons (Fsp3) is 0.526. The van der Waals surface area contributed by atoms with E-state index in [0.717, 1.165) is 5.56 Å². The third-order valence-corrected chi connectivity index (χ3v) is 4.66. The third kappa shape index (κ3) is 4.02. The van der Waals surface area contributed by atoms with Crippen LogP contribution in [-0.4, -0.2) is 24.3 Å². The molecule has 1 aromatic carbocycles. The molecule has 1 aliphatic rings. The van der Waals surface area contributed by atoms with Gasteiger partial charge in [0.05, 0.1) is 11.8 Å². The van der Waals surface area contributed by atoms with Crippen LogP contribution in [0.25, 0.3) is 0 Å². The molecule has 24 heavy (non-hydrogen) atoms. The minimum Gasteiger partial charge on any atom is -0.453 e. The lowest BCUT2D eigenvalue weighted by Gasteiger charge is -2.29. The van der Waals surface area contributed by atoms with Gasteiger partial charge in [-0.2, -0.15) is 0 Å². The van der Waals surface area contributed by atoms with E-state index in [1.807, 2.05) is 37.3 Å². The number of hydrogen-bond donors (Lipinski definition) is 0. The van der Waals surface area contributed by atoms with Crippen molar-refractivity contribution in [3.8, 4) is 0 Å². The van der Waals surface area contributed by atoms with Crippen molar-refractivity contribution >= 4 is 17.7 Å². The Morgan fingerprint density at radius 2 is 1.88 bits per heavy atom. The van der Waals surface area contributed by atoms with E-state index in [-0.39, 0.29) is 12.2 Å². The molecule has 1 aliphatic carbocycles. The number of ether oxygens (including phenoxy) is 2. The monoisotopic (exact) mass is 332 g/mol. The lowest BCUT2D eigenvalue weighted by atomic mass is 9.91. The van der Waals surface area contributed by atoms with Gasteiger partial charge in [-0.05, 0) is 32.3 Å². The fourth-order valence-electron chi connectivity index (χ4n) is 2.68. The maximum Gasteiger partial charge on any atom is 0.345 e. The van der Waals surface area contributed by atoms with Crippen LogP contribution >= 0.6 is 0 Å². The summed E-state index contributed by atoms with van der Waals surface area (Å²) in [5, 5.41) is 0. The second kappa shape index (κ2) is 7.16. The maximum atomic E-state index is 12.2. The van der Waals surface area contributed by atoms with E-state index >= 15 is 0 Å². The number of Topliss-reactive ketones (excluding diaryl/α,β-unsaturated/α-hetero) is 1. The first kappa shape index (κ1) is 18.2. The molecule has 0 N–H and O–H groups in total. The van der Waals surface area contributed by atoms with Gasteiger partial charge in [-0.25, -0.2) is 4.79 Å². The first-order valence-corrected chi connectivity index (χ1v) is 8.25. The number of benzene rings is 1. The number of rotatable bonds is 6. The average molecular weight is 332 g/mol. The number of hydrogen-bond acceptors (Lipinski definition) is 5. The minimum absolute atomic E-state index is 0.0655. The highest BCUT2D eigenvalue weighted by atomic mass is 16.6. The Balaban J connectivity index is 2.05. The van der Waals surface area contributed by atoms with E-state index in [1.165, 1.54) is 0 Å². The van der Waals surface area contributed by atoms with Gasteiger partial charge < -0.3 is 9.47 Å². The second-order valence-corrected chi connectivity index (χ2v) is 6.86. The standard InChI is InChI=1S/C19H24O5/c1-4-18(2,3)17(22)23-13-16(21)24-19(11-10-15(20)12-19)14-8-6-5-7-9-14/h5-9H,4,10-13H2,1-3H3. The van der Waals surface area contributed by atoms with Gasteiger partial charge in [0.15, 0.2) is 6.61 Å². The zero-order chi connectivity index (χ0) is 17.8. The lowest BCUT2D eigenvalue weighted by Crippen LogP contribution is -2.34. The number of ketones is 1. The fourth-order valence-corrected chi connectivity index (χ4v) is 2.68. The summed E-state index contributed by atoms with van der Waals surface area (Å²) in [4.78, 5) is 35.9. The Labute approximate surface area is 142 Å². The van der Waals surface area contributed by atoms with Crippen LogP contribution in [0.2, 0.25) is 0 Å². The molecule has 1 unspecified atom stereocenters. The highest BCUT2D eigenvalue weighted by Gasteiger charge is 2.43. The van der Waals surface area contributed by atoms with Crippen LogP contribution in [-0.2, 0) is 29.5 Å². The van der Waals surface area contributed by atoms with E-state index in [9.17, 15) is 14.4 Å². The zero-order valence-corrected chi connectivity index (χ0v) is 14.5. The molecule has 0 spiro atoms. The molecule has 0 aromatic heterocycles. The van der Waals surface area contributed by atoms with E-state index in [0.29, 0.717) is 19.3 Å². The summed E-state index contributed by atoms with van der Waals surface area (Å²) in [5.74, 6) is -0.997. The van der Waals surface area contributed by atoms with Gasteiger partial charge in [0, 0.05) is 6.42 Å². The first-order valence-electron chi connectivity index (χ1n) is 8.25. The van der Waals surface area contributed by atoms with E-state index < -0.39 is 29.6 Å². The molecule has 1 saturated carbocycles. The van der Waals surface area contributed by atoms with Crippen molar-refractivity contribution in [3.63, 3.8) is 0 Å². The molecule has 1 aromatic rings. The van der Waals surface area contributed by atoms with Crippen LogP contribution in [0.1, 0.15) is 52.0 Å². The average Bonchev–Trinajstić information content (AvgIpc) is 2.95. The van der Waals surface area contributed by atoms with Crippen LogP contribution in [0.15, 0.2) is 30.3 Å². The predicted molar refractivity (Wildman–Crippen MR) is 88.1 cm³/mol. The summed E-state index contributed by atoms with van der Waals surface area (Å²) in [6, 6.07) is 9.25. The van der Waals surface area contributed by atoms with Crippen LogP contribution in [0.4, 0.5) is 0 Å². The molecular formula is C19H24O5. The summed E-state index contributed by atoms with van der Waals surface area (Å²) in [7, 11) is 0. The molecule has 1 fully saturated rings. The number of carbonyl (C=O) groups excluding carboxylic acids is 3. The van der Waals surface area contributed by atoms with Crippen molar-refractivity contribution in [1.29, 1.82) is 0 Å². The summed E-state index contributed by atoms with van der Waals surface area (Å²) in [5.41, 5.74) is -0.785. The molecule has 0 bridgehead atoms. The highest BCUT2D eigenvalue weighted by molar-refractivity contribution is 5.84. The van der Waals surface area contributed by atoms with E-state index in [4.69, 9.17) is 9.47 Å². The maximum absolute atomic E-state index is 12.2. The van der Waals surface area contributed by atoms with Gasteiger partial charge in [0.2, 0.25) is 0 Å². The van der Waals surface area contributed by atoms with Gasteiger partial charge in [-0.15, -0.1) is 0 Å². The van der Waals surface area contributed by atoms with Gasteiger partial charge in [0.25, 0.3) is 0 Å². The Kier molecular flexibility index (Phi) is 5.42. The Morgan fingerprint density at radius 1 is 1.21 bits per heavy atom. The molecule has 130 valence electrons. The molecule has 2 rings (SSSR count). The summed E-state index contributed by atoms with van der Waals surface area (Å²) < 4.78 is 10.7. The van der Waals surface area contributed by atoms with Gasteiger partial charge in [0.1, 0.15) is 11.4 Å². The second-order valence-electron chi connectivity index (χ2n) is 6.86. The number of carbonyl (C=O) groups is 3. The quantitative estimate of drug-likeness (QED) is 0.748. The normalized spacial score (nSPS) is 20.7.